The number of hydrogen-bond donors (Lipinski definition) is 1. The number of halogens is 3. The Hall–Kier alpha value is -3.34. The zero-order valence-corrected chi connectivity index (χ0v) is 23.0. The van der Waals surface area contributed by atoms with Gasteiger partial charge < -0.3 is 5.11 Å². The molecule has 0 bridgehead atoms. The van der Waals surface area contributed by atoms with Crippen LogP contribution in [0.3, 0.4) is 0 Å². The van der Waals surface area contributed by atoms with Crippen molar-refractivity contribution in [1.29, 1.82) is 10.5 Å². The number of hydroxylamine groups is 2. The highest BCUT2D eigenvalue weighted by molar-refractivity contribution is 9.09. The van der Waals surface area contributed by atoms with Crippen LogP contribution in [0.15, 0.2) is 54.7 Å². The quantitative estimate of drug-likeness (QED) is 0.230. The molecule has 1 saturated carbocycles. The molecule has 5 rings (SSSR count). The first-order chi connectivity index (χ1) is 18.7. The molecule has 1 N–H and O–H groups in total. The molecule has 0 spiro atoms. The number of carbonyl (C=O) groups is 1. The van der Waals surface area contributed by atoms with Crippen LogP contribution in [0.4, 0.5) is 4.39 Å². The van der Waals surface area contributed by atoms with Crippen LogP contribution in [0.25, 0.3) is 11.1 Å². The van der Waals surface area contributed by atoms with E-state index in [9.17, 15) is 15.2 Å². The maximum Gasteiger partial charge on any atom is 0.281 e. The first-order valence-corrected chi connectivity index (χ1v) is 13.7. The number of amides is 1. The summed E-state index contributed by atoms with van der Waals surface area (Å²) in [5.41, 5.74) is 2.01. The smallest absolute Gasteiger partial charge is 0.281 e. The van der Waals surface area contributed by atoms with Crippen molar-refractivity contribution in [2.45, 2.75) is 36.3 Å². The van der Waals surface area contributed by atoms with Crippen LogP contribution in [0.1, 0.15) is 56.8 Å². The number of benzene rings is 2. The zero-order valence-electron chi connectivity index (χ0n) is 20.7. The topological polar surface area (TPSA) is 110 Å². The van der Waals surface area contributed by atoms with Crippen molar-refractivity contribution in [3.63, 3.8) is 0 Å². The molecule has 3 aromatic rings. The maximum atomic E-state index is 17.3. The van der Waals surface area contributed by atoms with E-state index in [1.165, 1.54) is 12.3 Å². The summed E-state index contributed by atoms with van der Waals surface area (Å²) in [6.45, 7) is -0.214. The van der Waals surface area contributed by atoms with Gasteiger partial charge in [0.1, 0.15) is 6.07 Å². The van der Waals surface area contributed by atoms with Gasteiger partial charge in [0.05, 0.1) is 29.2 Å². The van der Waals surface area contributed by atoms with Crippen LogP contribution in [0.5, 0.6) is 0 Å². The lowest BCUT2D eigenvalue weighted by molar-refractivity contribution is -0.232. The second-order valence-corrected chi connectivity index (χ2v) is 11.3. The van der Waals surface area contributed by atoms with E-state index < -0.39 is 17.1 Å². The summed E-state index contributed by atoms with van der Waals surface area (Å²) < 4.78 is 17.3. The third kappa shape index (κ3) is 5.04. The molecule has 198 valence electrons. The van der Waals surface area contributed by atoms with Gasteiger partial charge in [-0.05, 0) is 60.2 Å². The number of aliphatic hydroxyl groups is 1. The van der Waals surface area contributed by atoms with Gasteiger partial charge in [0, 0.05) is 40.3 Å². The third-order valence-corrected chi connectivity index (χ3v) is 8.36. The number of pyridine rings is 1. The average Bonchev–Trinajstić information content (AvgIpc) is 3.69. The highest BCUT2D eigenvalue weighted by atomic mass is 79.9. The highest BCUT2D eigenvalue weighted by Gasteiger charge is 2.55. The van der Waals surface area contributed by atoms with Gasteiger partial charge >= 0.3 is 0 Å². The van der Waals surface area contributed by atoms with Crippen molar-refractivity contribution in [1.82, 2.24) is 10.0 Å². The van der Waals surface area contributed by atoms with Crippen molar-refractivity contribution in [2.75, 3.05) is 13.2 Å². The van der Waals surface area contributed by atoms with Gasteiger partial charge in [-0.2, -0.15) is 15.6 Å². The van der Waals surface area contributed by atoms with Gasteiger partial charge in [0.2, 0.25) is 5.79 Å². The lowest BCUT2D eigenvalue weighted by Gasteiger charge is -2.31. The molecule has 2 heterocycles. The van der Waals surface area contributed by atoms with E-state index >= 15 is 4.39 Å². The number of aromatic nitrogens is 1. The van der Waals surface area contributed by atoms with Gasteiger partial charge in [-0.25, -0.2) is 4.39 Å². The molecule has 39 heavy (non-hydrogen) atoms. The molecule has 10 heteroatoms. The normalized spacial score (nSPS) is 19.7. The molecule has 1 fully saturated rings. The summed E-state index contributed by atoms with van der Waals surface area (Å²) in [4.78, 5) is 23.8. The average molecular weight is 610 g/mol. The van der Waals surface area contributed by atoms with Gasteiger partial charge in [0.15, 0.2) is 0 Å². The molecule has 1 unspecified atom stereocenters. The fourth-order valence-electron chi connectivity index (χ4n) is 4.78. The summed E-state index contributed by atoms with van der Waals surface area (Å²) in [5.74, 6) is -3.11. The summed E-state index contributed by atoms with van der Waals surface area (Å²) in [6, 6.07) is 17.5. The molecule has 2 aromatic carbocycles. The fraction of sp³-hybridized carbons (Fsp3) is 0.310. The molecular formula is C29H23BrClFN4O3. The highest BCUT2D eigenvalue weighted by Crippen LogP contribution is 2.51. The number of rotatable bonds is 9. The van der Waals surface area contributed by atoms with Gasteiger partial charge in [-0.15, -0.1) is 0 Å². The Morgan fingerprint density at radius 3 is 2.49 bits per heavy atom. The molecule has 7 nitrogen and oxygen atoms in total. The van der Waals surface area contributed by atoms with Crippen LogP contribution in [0.2, 0.25) is 5.02 Å². The number of aliphatic hydroxyl groups excluding tert-OH is 1. The van der Waals surface area contributed by atoms with E-state index in [2.05, 4.69) is 27.0 Å². The Kier molecular flexibility index (Phi) is 7.45. The standard InChI is InChI=1S/C29H23BrClFN4O3/c30-24(9-12-37)22-7-8-23-26(25(22)19-2-4-20(31)5-3-19)27(38)36(39-17-28(16-34)10-11-28)29(23,32)13-21-6-1-18(14-33)15-35-21/h1-8,15,24,37H,9-13,17H2/t24?,29-/m0/s1. The van der Waals surface area contributed by atoms with E-state index in [0.717, 1.165) is 5.06 Å². The minimum Gasteiger partial charge on any atom is -0.396 e. The molecule has 1 amide bonds. The number of nitriles is 2. The second kappa shape index (κ2) is 10.7. The van der Waals surface area contributed by atoms with E-state index in [-0.39, 0.29) is 35.6 Å². The Labute approximate surface area is 238 Å². The molecule has 1 aliphatic heterocycles. The number of alkyl halides is 2. The molecule has 2 atom stereocenters. The first-order valence-electron chi connectivity index (χ1n) is 12.4. The molecular weight excluding hydrogens is 587 g/mol. The molecule has 1 aliphatic carbocycles. The second-order valence-electron chi connectivity index (χ2n) is 9.79. The largest absolute Gasteiger partial charge is 0.396 e. The number of nitrogens with zero attached hydrogens (tertiary/aromatic N) is 4. The van der Waals surface area contributed by atoms with Crippen LogP contribution in [-0.2, 0) is 17.1 Å². The summed E-state index contributed by atoms with van der Waals surface area (Å²) in [7, 11) is 0. The molecule has 2 aliphatic rings. The van der Waals surface area contributed by atoms with Crippen LogP contribution < -0.4 is 0 Å². The van der Waals surface area contributed by atoms with E-state index in [0.29, 0.717) is 52.2 Å². The van der Waals surface area contributed by atoms with Crippen molar-refractivity contribution in [3.8, 4) is 23.3 Å². The predicted octanol–water partition coefficient (Wildman–Crippen LogP) is 6.15. The summed E-state index contributed by atoms with van der Waals surface area (Å²) in [6.07, 6.45) is 2.62. The lowest BCUT2D eigenvalue weighted by Crippen LogP contribution is -2.43. The Morgan fingerprint density at radius 2 is 1.90 bits per heavy atom. The van der Waals surface area contributed by atoms with Crippen LogP contribution in [0, 0.1) is 28.1 Å². The van der Waals surface area contributed by atoms with Gasteiger partial charge in [-0.3, -0.25) is 14.6 Å². The van der Waals surface area contributed by atoms with Gasteiger partial charge in [-0.1, -0.05) is 51.8 Å². The molecule has 1 aromatic heterocycles. The molecule has 0 radical (unpaired) electrons. The first kappa shape index (κ1) is 27.2. The summed E-state index contributed by atoms with van der Waals surface area (Å²) >= 11 is 9.74. The minimum absolute atomic E-state index is 0.0934. The fourth-order valence-corrected chi connectivity index (χ4v) is 5.49. The summed E-state index contributed by atoms with van der Waals surface area (Å²) in [5, 5.41) is 29.5. The zero-order chi connectivity index (χ0) is 27.8. The minimum atomic E-state index is -2.43. The SMILES string of the molecule is N#Cc1ccc(C[C@@]2(F)c3ccc(C(Br)CCO)c(-c4ccc(Cl)cc4)c3C(=O)N2OCC2(C#N)CC2)nc1. The number of fused-ring (bicyclic) bond motifs is 1. The van der Waals surface area contributed by atoms with E-state index in [1.807, 2.05) is 6.07 Å². The van der Waals surface area contributed by atoms with Crippen molar-refractivity contribution in [2.24, 2.45) is 5.41 Å². The van der Waals surface area contributed by atoms with E-state index in [4.69, 9.17) is 21.7 Å². The number of carbonyl (C=O) groups excluding carboxylic acids is 1. The monoisotopic (exact) mass is 608 g/mol. The van der Waals surface area contributed by atoms with Crippen LogP contribution in [-0.4, -0.2) is 34.3 Å². The van der Waals surface area contributed by atoms with Crippen molar-refractivity contribution >= 4 is 33.4 Å². The molecule has 0 saturated heterocycles. The predicted molar refractivity (Wildman–Crippen MR) is 145 cm³/mol. The lowest BCUT2D eigenvalue weighted by atomic mass is 9.87. The van der Waals surface area contributed by atoms with Gasteiger partial charge in [0.25, 0.3) is 5.91 Å². The third-order valence-electron chi connectivity index (χ3n) is 7.15. The number of hydrogen-bond acceptors (Lipinski definition) is 6. The maximum absolute atomic E-state index is 17.3. The Morgan fingerprint density at radius 1 is 1.15 bits per heavy atom. The van der Waals surface area contributed by atoms with E-state index in [1.54, 1.807) is 42.5 Å². The Balaban J connectivity index is 1.67. The van der Waals surface area contributed by atoms with Crippen LogP contribution >= 0.6 is 27.5 Å². The van der Waals surface area contributed by atoms with Crippen molar-refractivity contribution < 1.29 is 19.1 Å². The van der Waals surface area contributed by atoms with Crippen molar-refractivity contribution in [3.05, 3.63) is 87.7 Å². The Bertz CT molecular complexity index is 1500.